The number of hydrogen-bond donors (Lipinski definition) is 2. The van der Waals surface area contributed by atoms with Crippen molar-refractivity contribution in [2.75, 3.05) is 0 Å². The normalized spacial score (nSPS) is 12.5. The van der Waals surface area contributed by atoms with Crippen LogP contribution in [0.15, 0.2) is 36.4 Å². The maximum Gasteiger partial charge on any atom is 0.487 e. The molecule has 2 nitrogen and oxygen atoms in total. The Labute approximate surface area is 73.8 Å². The quantitative estimate of drug-likeness (QED) is 0.521. The molecule has 0 radical (unpaired) electrons. The Balaban J connectivity index is 4.78. The summed E-state index contributed by atoms with van der Waals surface area (Å²) in [5, 5.41) is 16.9. The summed E-state index contributed by atoms with van der Waals surface area (Å²) in [6.07, 6.45) is -3.45. The first kappa shape index (κ1) is 12.0. The fourth-order valence-corrected chi connectivity index (χ4v) is 0.531. The fourth-order valence-electron chi connectivity index (χ4n) is 0.531. The van der Waals surface area contributed by atoms with Gasteiger partial charge in [-0.1, -0.05) is 25.3 Å². The molecule has 0 heterocycles. The lowest BCUT2D eigenvalue weighted by molar-refractivity contribution is -0.0881. The smallest absolute Gasteiger partial charge is 0.423 e. The van der Waals surface area contributed by atoms with E-state index in [9.17, 15) is 13.2 Å². The molecule has 13 heavy (non-hydrogen) atoms. The van der Waals surface area contributed by atoms with Crippen LogP contribution < -0.4 is 0 Å². The standard InChI is InChI=1S/C7H8BF3O2/c1-3-6(7(9,10)11)4-5(2)8(12)13/h3-4,12-13H,1-2H2/b6-4+. The first-order valence-electron chi connectivity index (χ1n) is 3.25. The number of halogens is 3. The molecule has 0 atom stereocenters. The molecule has 0 rings (SSSR count). The molecule has 72 valence electrons. The van der Waals surface area contributed by atoms with Crippen molar-refractivity contribution in [3.8, 4) is 0 Å². The third-order valence-corrected chi connectivity index (χ3v) is 1.22. The molecular weight excluding hydrogens is 184 g/mol. The summed E-state index contributed by atoms with van der Waals surface area (Å²) in [6.45, 7) is 5.98. The van der Waals surface area contributed by atoms with Gasteiger partial charge in [0, 0.05) is 0 Å². The Morgan fingerprint density at radius 3 is 2.00 bits per heavy atom. The molecule has 0 unspecified atom stereocenters. The zero-order valence-corrected chi connectivity index (χ0v) is 6.67. The highest BCUT2D eigenvalue weighted by atomic mass is 19.4. The molecule has 0 aromatic rings. The molecule has 0 amide bonds. The van der Waals surface area contributed by atoms with Gasteiger partial charge in [-0.15, -0.1) is 0 Å². The van der Waals surface area contributed by atoms with Crippen molar-refractivity contribution >= 4 is 7.12 Å². The van der Waals surface area contributed by atoms with Gasteiger partial charge in [-0.25, -0.2) is 0 Å². The van der Waals surface area contributed by atoms with Crippen molar-refractivity contribution in [1.82, 2.24) is 0 Å². The van der Waals surface area contributed by atoms with Gasteiger partial charge in [-0.2, -0.15) is 13.2 Å². The van der Waals surface area contributed by atoms with Gasteiger partial charge in [0.15, 0.2) is 0 Å². The van der Waals surface area contributed by atoms with Crippen LogP contribution in [0.4, 0.5) is 13.2 Å². The lowest BCUT2D eigenvalue weighted by Gasteiger charge is -2.07. The molecule has 0 bridgehead atoms. The van der Waals surface area contributed by atoms with Gasteiger partial charge < -0.3 is 10.0 Å². The largest absolute Gasteiger partial charge is 0.487 e. The second-order valence-electron chi connectivity index (χ2n) is 2.25. The van der Waals surface area contributed by atoms with Crippen LogP contribution in [-0.4, -0.2) is 23.3 Å². The topological polar surface area (TPSA) is 40.5 Å². The molecule has 0 aliphatic heterocycles. The fraction of sp³-hybridized carbons (Fsp3) is 0.143. The molecule has 6 heteroatoms. The van der Waals surface area contributed by atoms with Crippen molar-refractivity contribution in [2.45, 2.75) is 6.18 Å². The number of rotatable bonds is 3. The summed E-state index contributed by atoms with van der Waals surface area (Å²) in [5.74, 6) is 0. The van der Waals surface area contributed by atoms with Gasteiger partial charge in [-0.3, -0.25) is 0 Å². The van der Waals surface area contributed by atoms with Gasteiger partial charge in [-0.05, 0) is 5.47 Å². The van der Waals surface area contributed by atoms with E-state index in [4.69, 9.17) is 10.0 Å². The summed E-state index contributed by atoms with van der Waals surface area (Å²) >= 11 is 0. The Kier molecular flexibility index (Phi) is 3.96. The van der Waals surface area contributed by atoms with E-state index >= 15 is 0 Å². The lowest BCUT2D eigenvalue weighted by Crippen LogP contribution is -2.16. The maximum atomic E-state index is 12.0. The van der Waals surface area contributed by atoms with E-state index in [2.05, 4.69) is 13.2 Å². The summed E-state index contributed by atoms with van der Waals surface area (Å²) in [6, 6.07) is 0. The highest BCUT2D eigenvalue weighted by Gasteiger charge is 2.31. The zero-order valence-electron chi connectivity index (χ0n) is 6.67. The molecule has 0 aliphatic carbocycles. The average Bonchev–Trinajstić information content (AvgIpc) is 1.96. The third-order valence-electron chi connectivity index (χ3n) is 1.22. The van der Waals surface area contributed by atoms with Gasteiger partial charge in [0.1, 0.15) is 0 Å². The van der Waals surface area contributed by atoms with Crippen LogP contribution in [0.2, 0.25) is 0 Å². The molecular formula is C7H8BF3O2. The van der Waals surface area contributed by atoms with E-state index in [0.717, 1.165) is 0 Å². The van der Waals surface area contributed by atoms with Crippen LogP contribution in [-0.2, 0) is 0 Å². The van der Waals surface area contributed by atoms with Crippen LogP contribution in [0.3, 0.4) is 0 Å². The minimum atomic E-state index is -4.56. The molecule has 2 N–H and O–H groups in total. The molecule has 0 saturated carbocycles. The Bertz CT molecular complexity index is 243. The van der Waals surface area contributed by atoms with E-state index in [1.165, 1.54) is 0 Å². The van der Waals surface area contributed by atoms with Crippen LogP contribution in [0.5, 0.6) is 0 Å². The molecule has 0 fully saturated rings. The molecule has 0 saturated heterocycles. The summed E-state index contributed by atoms with van der Waals surface area (Å²) in [4.78, 5) is 0. The SMILES string of the molecule is C=C/C(=C\C(=C)B(O)O)C(F)(F)F. The summed E-state index contributed by atoms with van der Waals surface area (Å²) in [7, 11) is -1.99. The van der Waals surface area contributed by atoms with E-state index in [0.29, 0.717) is 12.2 Å². The first-order valence-corrected chi connectivity index (χ1v) is 3.25. The number of allylic oxidation sites excluding steroid dienone is 4. The third kappa shape index (κ3) is 3.96. The highest BCUT2D eigenvalue weighted by Crippen LogP contribution is 2.27. The van der Waals surface area contributed by atoms with Crippen molar-refractivity contribution in [3.05, 3.63) is 36.4 Å². The van der Waals surface area contributed by atoms with E-state index in [1.54, 1.807) is 0 Å². The van der Waals surface area contributed by atoms with Crippen LogP contribution in [0.25, 0.3) is 0 Å². The lowest BCUT2D eigenvalue weighted by atomic mass is 9.79. The van der Waals surface area contributed by atoms with Gasteiger partial charge >= 0.3 is 13.3 Å². The van der Waals surface area contributed by atoms with Crippen molar-refractivity contribution in [1.29, 1.82) is 0 Å². The number of hydrogen-bond acceptors (Lipinski definition) is 2. The average molecular weight is 192 g/mol. The summed E-state index contributed by atoms with van der Waals surface area (Å²) in [5.41, 5.74) is -1.50. The second kappa shape index (κ2) is 4.29. The van der Waals surface area contributed by atoms with Crippen LogP contribution in [0, 0.1) is 0 Å². The predicted octanol–water partition coefficient (Wildman–Crippen LogP) is 1.23. The van der Waals surface area contributed by atoms with Crippen LogP contribution >= 0.6 is 0 Å². The predicted molar refractivity (Wildman–Crippen MR) is 43.7 cm³/mol. The molecule has 0 aliphatic rings. The molecule has 0 aromatic carbocycles. The zero-order chi connectivity index (χ0) is 10.6. The summed E-state index contributed by atoms with van der Waals surface area (Å²) < 4.78 is 36.0. The van der Waals surface area contributed by atoms with E-state index in [-0.39, 0.29) is 0 Å². The van der Waals surface area contributed by atoms with Gasteiger partial charge in [0.05, 0.1) is 5.57 Å². The maximum absolute atomic E-state index is 12.0. The van der Waals surface area contributed by atoms with Gasteiger partial charge in [0.25, 0.3) is 0 Å². The molecule has 0 aromatic heterocycles. The monoisotopic (exact) mass is 192 g/mol. The van der Waals surface area contributed by atoms with Crippen molar-refractivity contribution in [3.63, 3.8) is 0 Å². The minimum Gasteiger partial charge on any atom is -0.423 e. The van der Waals surface area contributed by atoms with Gasteiger partial charge in [0.2, 0.25) is 0 Å². The Hall–Kier alpha value is -1.01. The van der Waals surface area contributed by atoms with Crippen LogP contribution in [0.1, 0.15) is 0 Å². The molecule has 0 spiro atoms. The highest BCUT2D eigenvalue weighted by molar-refractivity contribution is 6.51. The van der Waals surface area contributed by atoms with E-state index in [1.807, 2.05) is 0 Å². The minimum absolute atomic E-state index is 0.438. The van der Waals surface area contributed by atoms with Crippen molar-refractivity contribution in [2.24, 2.45) is 0 Å². The Morgan fingerprint density at radius 1 is 1.31 bits per heavy atom. The Morgan fingerprint density at radius 2 is 1.77 bits per heavy atom. The van der Waals surface area contributed by atoms with Crippen molar-refractivity contribution < 1.29 is 23.2 Å². The van der Waals surface area contributed by atoms with E-state index < -0.39 is 24.3 Å². The second-order valence-corrected chi connectivity index (χ2v) is 2.25. The first-order chi connectivity index (χ1) is 5.79. The number of alkyl halides is 3.